The van der Waals surface area contributed by atoms with Crippen molar-refractivity contribution in [2.45, 2.75) is 25.6 Å². The van der Waals surface area contributed by atoms with Gasteiger partial charge in [-0.2, -0.15) is 13.2 Å². The number of para-hydroxylation sites is 1. The number of rotatable bonds is 2. The minimum atomic E-state index is -4.38. The van der Waals surface area contributed by atoms with Crippen molar-refractivity contribution in [1.82, 2.24) is 0 Å². The highest BCUT2D eigenvalue weighted by atomic mass is 19.4. The summed E-state index contributed by atoms with van der Waals surface area (Å²) in [5, 5.41) is 2.69. The number of nitrogens with one attached hydrogen (secondary N) is 1. The van der Waals surface area contributed by atoms with Gasteiger partial charge in [0.25, 0.3) is 0 Å². The molecule has 1 aromatic carbocycles. The van der Waals surface area contributed by atoms with Gasteiger partial charge in [-0.1, -0.05) is 18.1 Å². The molecule has 1 rings (SSSR count). The van der Waals surface area contributed by atoms with E-state index in [1.165, 1.54) is 18.2 Å². The van der Waals surface area contributed by atoms with Crippen LogP contribution in [0.2, 0.25) is 0 Å². The van der Waals surface area contributed by atoms with Gasteiger partial charge in [0.05, 0.1) is 11.1 Å². The molecule has 0 bridgehead atoms. The van der Waals surface area contributed by atoms with Gasteiger partial charge in [-0.3, -0.25) is 0 Å². The first-order valence-electron chi connectivity index (χ1n) is 4.68. The van der Waals surface area contributed by atoms with E-state index in [-0.39, 0.29) is 5.69 Å². The highest BCUT2D eigenvalue weighted by Gasteiger charge is 2.34. The Morgan fingerprint density at radius 1 is 1.19 bits per heavy atom. The summed E-state index contributed by atoms with van der Waals surface area (Å²) in [6, 6.07) is 5.26. The van der Waals surface area contributed by atoms with Crippen molar-refractivity contribution in [3.8, 4) is 12.3 Å². The summed E-state index contributed by atoms with van der Waals surface area (Å²) >= 11 is 0. The zero-order chi connectivity index (χ0) is 12.4. The Hall–Kier alpha value is -1.63. The maximum Gasteiger partial charge on any atom is 0.418 e. The van der Waals surface area contributed by atoms with Gasteiger partial charge in [0.15, 0.2) is 0 Å². The van der Waals surface area contributed by atoms with Crippen LogP contribution in [0.5, 0.6) is 0 Å². The highest BCUT2D eigenvalue weighted by molar-refractivity contribution is 5.55. The number of terminal acetylenes is 1. The molecule has 1 N–H and O–H groups in total. The maximum absolute atomic E-state index is 12.6. The average molecular weight is 227 g/mol. The second-order valence-electron chi connectivity index (χ2n) is 3.94. The molecule has 0 spiro atoms. The fraction of sp³-hybridized carbons (Fsp3) is 0.333. The SMILES string of the molecule is C#CC(C)(C)Nc1ccccc1C(F)(F)F. The summed E-state index contributed by atoms with van der Waals surface area (Å²) < 4.78 is 37.9. The minimum Gasteiger partial charge on any atom is -0.369 e. The van der Waals surface area contributed by atoms with Gasteiger partial charge in [0.2, 0.25) is 0 Å². The van der Waals surface area contributed by atoms with Crippen LogP contribution in [-0.4, -0.2) is 5.54 Å². The molecule has 1 nitrogen and oxygen atoms in total. The molecule has 0 fully saturated rings. The summed E-state index contributed by atoms with van der Waals surface area (Å²) in [6.45, 7) is 3.28. The summed E-state index contributed by atoms with van der Waals surface area (Å²) in [5.41, 5.74) is -1.53. The normalized spacial score (nSPS) is 12.0. The molecule has 1 aromatic rings. The smallest absolute Gasteiger partial charge is 0.369 e. The van der Waals surface area contributed by atoms with Crippen LogP contribution in [0.3, 0.4) is 0 Å². The molecule has 86 valence electrons. The molecule has 0 saturated carbocycles. The Bertz CT molecular complexity index is 413. The third kappa shape index (κ3) is 2.93. The first kappa shape index (κ1) is 12.4. The van der Waals surface area contributed by atoms with Crippen molar-refractivity contribution in [2.24, 2.45) is 0 Å². The van der Waals surface area contributed by atoms with E-state index in [9.17, 15) is 13.2 Å². The van der Waals surface area contributed by atoms with Crippen molar-refractivity contribution in [3.05, 3.63) is 29.8 Å². The molecule has 0 radical (unpaired) electrons. The number of anilines is 1. The fourth-order valence-corrected chi connectivity index (χ4v) is 1.21. The van der Waals surface area contributed by atoms with E-state index in [0.29, 0.717) is 0 Å². The molecule has 0 aromatic heterocycles. The molecule has 0 atom stereocenters. The third-order valence-electron chi connectivity index (χ3n) is 2.04. The predicted molar refractivity (Wildman–Crippen MR) is 58.0 cm³/mol. The van der Waals surface area contributed by atoms with Crippen LogP contribution in [0.1, 0.15) is 19.4 Å². The van der Waals surface area contributed by atoms with Crippen molar-refractivity contribution in [2.75, 3.05) is 5.32 Å². The lowest BCUT2D eigenvalue weighted by Crippen LogP contribution is -2.29. The number of hydrogen-bond acceptors (Lipinski definition) is 1. The molecule has 0 aliphatic heterocycles. The third-order valence-corrected chi connectivity index (χ3v) is 2.04. The molecule has 4 heteroatoms. The van der Waals surface area contributed by atoms with Crippen molar-refractivity contribution in [3.63, 3.8) is 0 Å². The Labute approximate surface area is 92.7 Å². The van der Waals surface area contributed by atoms with E-state index in [1.807, 2.05) is 0 Å². The van der Waals surface area contributed by atoms with Crippen LogP contribution in [0.25, 0.3) is 0 Å². The average Bonchev–Trinajstić information content (AvgIpc) is 2.16. The van der Waals surface area contributed by atoms with Crippen LogP contribution in [0.15, 0.2) is 24.3 Å². The lowest BCUT2D eigenvalue weighted by Gasteiger charge is -2.23. The molecule has 0 heterocycles. The second kappa shape index (κ2) is 4.09. The Morgan fingerprint density at radius 2 is 1.75 bits per heavy atom. The molecule has 0 aliphatic rings. The van der Waals surface area contributed by atoms with E-state index in [0.717, 1.165) is 6.07 Å². The van der Waals surface area contributed by atoms with Crippen LogP contribution in [0, 0.1) is 12.3 Å². The van der Waals surface area contributed by atoms with E-state index < -0.39 is 17.3 Å². The highest BCUT2D eigenvalue weighted by Crippen LogP contribution is 2.35. The Morgan fingerprint density at radius 3 is 2.25 bits per heavy atom. The molecule has 0 saturated heterocycles. The summed E-state index contributed by atoms with van der Waals surface area (Å²) in [6.07, 6.45) is 0.839. The molecule has 0 unspecified atom stereocenters. The van der Waals surface area contributed by atoms with Gasteiger partial charge >= 0.3 is 6.18 Å². The Kier molecular flexibility index (Phi) is 3.18. The topological polar surface area (TPSA) is 12.0 Å². The van der Waals surface area contributed by atoms with E-state index in [1.54, 1.807) is 13.8 Å². The van der Waals surface area contributed by atoms with Gasteiger partial charge in [0.1, 0.15) is 0 Å². The van der Waals surface area contributed by atoms with Gasteiger partial charge in [-0.15, -0.1) is 6.42 Å². The van der Waals surface area contributed by atoms with Crippen LogP contribution in [0.4, 0.5) is 18.9 Å². The van der Waals surface area contributed by atoms with Crippen LogP contribution in [-0.2, 0) is 6.18 Å². The second-order valence-corrected chi connectivity index (χ2v) is 3.94. The molecule has 0 aliphatic carbocycles. The number of halogens is 3. The van der Waals surface area contributed by atoms with Crippen molar-refractivity contribution < 1.29 is 13.2 Å². The molecular formula is C12H12F3N. The van der Waals surface area contributed by atoms with E-state index in [2.05, 4.69) is 11.2 Å². The largest absolute Gasteiger partial charge is 0.418 e. The van der Waals surface area contributed by atoms with Crippen LogP contribution >= 0.6 is 0 Å². The van der Waals surface area contributed by atoms with Crippen molar-refractivity contribution in [1.29, 1.82) is 0 Å². The fourth-order valence-electron chi connectivity index (χ4n) is 1.21. The van der Waals surface area contributed by atoms with Gasteiger partial charge in [-0.05, 0) is 26.0 Å². The molecular weight excluding hydrogens is 215 g/mol. The zero-order valence-corrected chi connectivity index (χ0v) is 9.02. The van der Waals surface area contributed by atoms with Crippen LogP contribution < -0.4 is 5.32 Å². The number of benzene rings is 1. The van der Waals surface area contributed by atoms with Gasteiger partial charge in [-0.25, -0.2) is 0 Å². The standard InChI is InChI=1S/C12H12F3N/c1-4-11(2,3)16-10-8-6-5-7-9(10)12(13,14)15/h1,5-8,16H,2-3H3. The first-order valence-corrected chi connectivity index (χ1v) is 4.68. The van der Waals surface area contributed by atoms with Crippen molar-refractivity contribution >= 4 is 5.69 Å². The van der Waals surface area contributed by atoms with E-state index >= 15 is 0 Å². The lowest BCUT2D eigenvalue weighted by atomic mass is 10.0. The summed E-state index contributed by atoms with van der Waals surface area (Å²) in [5.74, 6) is 2.39. The maximum atomic E-state index is 12.6. The summed E-state index contributed by atoms with van der Waals surface area (Å²) in [7, 11) is 0. The summed E-state index contributed by atoms with van der Waals surface area (Å²) in [4.78, 5) is 0. The first-order chi connectivity index (χ1) is 7.26. The number of hydrogen-bond donors (Lipinski definition) is 1. The quantitative estimate of drug-likeness (QED) is 0.762. The Balaban J connectivity index is 3.12. The monoisotopic (exact) mass is 227 g/mol. The molecule has 16 heavy (non-hydrogen) atoms. The lowest BCUT2D eigenvalue weighted by molar-refractivity contribution is -0.137. The minimum absolute atomic E-state index is 0.00190. The number of alkyl halides is 3. The van der Waals surface area contributed by atoms with Gasteiger partial charge < -0.3 is 5.32 Å². The van der Waals surface area contributed by atoms with E-state index in [4.69, 9.17) is 6.42 Å². The predicted octanol–water partition coefficient (Wildman–Crippen LogP) is 3.53. The zero-order valence-electron chi connectivity index (χ0n) is 9.02. The van der Waals surface area contributed by atoms with Gasteiger partial charge in [0, 0.05) is 5.69 Å². The molecule has 0 amide bonds.